The molecular formula is C46H63NO15. The summed E-state index contributed by atoms with van der Waals surface area (Å²) < 4.78 is 50.5. The van der Waals surface area contributed by atoms with Crippen molar-refractivity contribution in [3.05, 3.63) is 59.7 Å². The van der Waals surface area contributed by atoms with Crippen LogP contribution in [0, 0.1) is 22.7 Å². The van der Waals surface area contributed by atoms with E-state index in [4.69, 9.17) is 37.9 Å². The van der Waals surface area contributed by atoms with Crippen LogP contribution in [0.2, 0.25) is 0 Å². The molecule has 3 unspecified atom stereocenters. The lowest BCUT2D eigenvalue weighted by Gasteiger charge is -2.67. The molecule has 6 rings (SSSR count). The van der Waals surface area contributed by atoms with Crippen molar-refractivity contribution in [2.24, 2.45) is 22.7 Å². The van der Waals surface area contributed by atoms with Crippen molar-refractivity contribution in [2.75, 3.05) is 6.61 Å². The van der Waals surface area contributed by atoms with Gasteiger partial charge in [-0.05, 0) is 83.2 Å². The predicted octanol–water partition coefficient (Wildman–Crippen LogP) is 4.87. The Kier molecular flexibility index (Phi) is 12.9. The summed E-state index contributed by atoms with van der Waals surface area (Å²) >= 11 is 0. The monoisotopic (exact) mass is 869 g/mol. The van der Waals surface area contributed by atoms with Crippen molar-refractivity contribution in [1.82, 2.24) is 5.32 Å². The molecule has 5 aliphatic rings. The fourth-order valence-electron chi connectivity index (χ4n) is 10.8. The Bertz CT molecular complexity index is 1950. The van der Waals surface area contributed by atoms with Gasteiger partial charge in [-0.2, -0.15) is 0 Å². The van der Waals surface area contributed by atoms with Gasteiger partial charge in [0.1, 0.15) is 30.0 Å². The number of aliphatic hydroxyl groups excluding tert-OH is 1. The van der Waals surface area contributed by atoms with Crippen LogP contribution in [0.3, 0.4) is 0 Å². The van der Waals surface area contributed by atoms with Crippen LogP contribution in [0.25, 0.3) is 0 Å². The molecule has 1 aromatic carbocycles. The number of carbonyl (C=O) groups is 5. The quantitative estimate of drug-likeness (QED) is 0.145. The zero-order valence-electron chi connectivity index (χ0n) is 37.6. The van der Waals surface area contributed by atoms with Gasteiger partial charge in [-0.3, -0.25) is 9.59 Å². The van der Waals surface area contributed by atoms with E-state index in [-0.39, 0.29) is 42.9 Å². The SMILES string of the molecule is C=CC1O[C@H]2C[C@H]3OCC3(OC(C)=O)[C@H]3[C@H](OC(=O)c4ccccc4)C4(C(C)(C)O)C[C@H](OC(=O)[C@@H](O)[C@H](CC(C)C)NC(=O)OC(C)(C)C)C(C)=C4[C@H](OC(C)=O)[C@H](O1)[C@]23C. The Hall–Kier alpha value is -4.35. The molecule has 3 aliphatic carbocycles. The lowest BCUT2D eigenvalue weighted by Crippen LogP contribution is -2.80. The molecule has 0 spiro atoms. The maximum absolute atomic E-state index is 14.6. The average molecular weight is 870 g/mol. The zero-order chi connectivity index (χ0) is 45.9. The number of aliphatic hydroxyl groups is 2. The maximum atomic E-state index is 14.6. The number of fused-ring (bicyclic) bond motifs is 3. The maximum Gasteiger partial charge on any atom is 0.407 e. The molecule has 0 radical (unpaired) electrons. The van der Waals surface area contributed by atoms with Crippen LogP contribution in [0.15, 0.2) is 54.1 Å². The molecule has 3 N–H and O–H groups in total. The van der Waals surface area contributed by atoms with E-state index in [0.717, 1.165) is 0 Å². The number of benzene rings is 1. The Morgan fingerprint density at radius 2 is 1.65 bits per heavy atom. The van der Waals surface area contributed by atoms with Gasteiger partial charge in [-0.15, -0.1) is 0 Å². The zero-order valence-corrected chi connectivity index (χ0v) is 37.6. The highest BCUT2D eigenvalue weighted by atomic mass is 16.7. The molecule has 0 bridgehead atoms. The molecule has 16 nitrogen and oxygen atoms in total. The summed E-state index contributed by atoms with van der Waals surface area (Å²) in [6.07, 6.45) is -8.88. The topological polar surface area (TPSA) is 212 Å². The lowest BCUT2D eigenvalue weighted by molar-refractivity contribution is -0.392. The first-order valence-electron chi connectivity index (χ1n) is 21.3. The fourth-order valence-corrected chi connectivity index (χ4v) is 10.8. The first-order valence-corrected chi connectivity index (χ1v) is 21.3. The van der Waals surface area contributed by atoms with Crippen LogP contribution >= 0.6 is 0 Å². The second-order valence-corrected chi connectivity index (χ2v) is 19.5. The summed E-state index contributed by atoms with van der Waals surface area (Å²) in [5.41, 5.74) is -6.62. The third-order valence-electron chi connectivity index (χ3n) is 13.3. The van der Waals surface area contributed by atoms with Crippen LogP contribution in [0.5, 0.6) is 0 Å². The Morgan fingerprint density at radius 1 is 0.984 bits per heavy atom. The van der Waals surface area contributed by atoms with Gasteiger partial charge in [0.05, 0.1) is 41.3 Å². The number of ether oxygens (including phenoxy) is 8. The molecule has 13 atom stereocenters. The predicted molar refractivity (Wildman–Crippen MR) is 220 cm³/mol. The van der Waals surface area contributed by atoms with Crippen molar-refractivity contribution in [3.63, 3.8) is 0 Å². The molecule has 1 aromatic rings. The van der Waals surface area contributed by atoms with Crippen LogP contribution < -0.4 is 5.32 Å². The average Bonchev–Trinajstić information content (AvgIpc) is 3.41. The molecule has 62 heavy (non-hydrogen) atoms. The standard InChI is InChI=1S/C46H63NO15/c1-13-32-58-30-20-31-46(22-55-31,61-26(6)49)36-38(60-39(51)27-17-15-14-16-18-27)45(43(10,11)54)21-29(24(4)33(45)35(56-25(5)48)37(59-32)44(30,36)12)57-40(52)34(50)28(19-23(2)3)47-41(53)62-42(7,8)9/h13-18,23,28-32,34-38,50,54H,1,19-22H2,2-12H3,(H,47,53)/t28-,29-,30-,31+,32?,34-,35-,36-,37-,38-,44+,45?,46?/m0/s1. The van der Waals surface area contributed by atoms with E-state index >= 15 is 0 Å². The van der Waals surface area contributed by atoms with Gasteiger partial charge in [0.25, 0.3) is 0 Å². The number of carbonyl (C=O) groups excluding carboxylic acids is 5. The third kappa shape index (κ3) is 8.28. The summed E-state index contributed by atoms with van der Waals surface area (Å²) in [7, 11) is 0. The van der Waals surface area contributed by atoms with Gasteiger partial charge in [-0.1, -0.05) is 45.5 Å². The Labute approximate surface area is 362 Å². The number of rotatable bonds is 12. The largest absolute Gasteiger partial charge is 0.457 e. The molecule has 2 saturated carbocycles. The first-order chi connectivity index (χ1) is 28.8. The van der Waals surface area contributed by atoms with Crippen molar-refractivity contribution < 1.29 is 72.1 Å². The van der Waals surface area contributed by atoms with Gasteiger partial charge in [-0.25, -0.2) is 14.4 Å². The van der Waals surface area contributed by atoms with Crippen LogP contribution in [0.4, 0.5) is 4.79 Å². The van der Waals surface area contributed by atoms with E-state index in [9.17, 15) is 34.2 Å². The minimum Gasteiger partial charge on any atom is -0.457 e. The second kappa shape index (κ2) is 17.0. The third-order valence-corrected chi connectivity index (χ3v) is 13.3. The van der Waals surface area contributed by atoms with E-state index in [2.05, 4.69) is 11.9 Å². The molecule has 342 valence electrons. The second-order valence-electron chi connectivity index (χ2n) is 19.5. The van der Waals surface area contributed by atoms with Crippen molar-refractivity contribution in [2.45, 2.75) is 167 Å². The Morgan fingerprint density at radius 3 is 2.18 bits per heavy atom. The summed E-state index contributed by atoms with van der Waals surface area (Å²) in [5.74, 6) is -4.40. The number of alkyl carbamates (subject to hydrolysis) is 1. The minimum absolute atomic E-state index is 0.0845. The summed E-state index contributed by atoms with van der Waals surface area (Å²) in [5, 5.41) is 27.1. The van der Waals surface area contributed by atoms with Crippen LogP contribution in [0.1, 0.15) is 106 Å². The smallest absolute Gasteiger partial charge is 0.407 e. The highest BCUT2D eigenvalue weighted by molar-refractivity contribution is 5.89. The molecule has 0 aromatic heterocycles. The molecule has 1 amide bonds. The van der Waals surface area contributed by atoms with Gasteiger partial charge in [0, 0.05) is 32.1 Å². The van der Waals surface area contributed by atoms with Crippen LogP contribution in [-0.4, -0.2) is 119 Å². The number of hydrogen-bond donors (Lipinski definition) is 3. The summed E-state index contributed by atoms with van der Waals surface area (Å²) in [4.78, 5) is 68.3. The molecule has 2 saturated heterocycles. The molecule has 16 heteroatoms. The molecular weight excluding hydrogens is 806 g/mol. The van der Waals surface area contributed by atoms with E-state index in [1.54, 1.807) is 58.0 Å². The fraction of sp³-hybridized carbons (Fsp3) is 0.674. The van der Waals surface area contributed by atoms with E-state index in [0.29, 0.717) is 5.57 Å². The molecule has 2 aliphatic heterocycles. The normalized spacial score (nSPS) is 34.7. The van der Waals surface area contributed by atoms with E-state index < -0.39 is 119 Å². The van der Waals surface area contributed by atoms with Gasteiger partial charge >= 0.3 is 30.0 Å². The lowest BCUT2D eigenvalue weighted by atomic mass is 9.49. The molecule has 2 heterocycles. The highest BCUT2D eigenvalue weighted by Gasteiger charge is 2.81. The number of nitrogens with one attached hydrogen (secondary N) is 1. The van der Waals surface area contributed by atoms with Crippen molar-refractivity contribution >= 4 is 30.0 Å². The minimum atomic E-state index is -1.91. The van der Waals surface area contributed by atoms with Gasteiger partial charge in [0.2, 0.25) is 0 Å². The molecule has 4 fully saturated rings. The van der Waals surface area contributed by atoms with Gasteiger partial charge in [0.15, 0.2) is 24.1 Å². The summed E-state index contributed by atoms with van der Waals surface area (Å²) in [6.45, 7) is 21.6. The number of amides is 1. The number of esters is 4. The summed E-state index contributed by atoms with van der Waals surface area (Å²) in [6, 6.07) is 7.11. The highest BCUT2D eigenvalue weighted by Crippen LogP contribution is 2.70. The first kappa shape index (κ1) is 47.1. The van der Waals surface area contributed by atoms with Gasteiger partial charge < -0.3 is 53.4 Å². The van der Waals surface area contributed by atoms with Crippen molar-refractivity contribution in [1.29, 1.82) is 0 Å². The van der Waals surface area contributed by atoms with Crippen LogP contribution in [-0.2, 0) is 52.3 Å². The number of hydrogen-bond acceptors (Lipinski definition) is 15. The van der Waals surface area contributed by atoms with Crippen molar-refractivity contribution in [3.8, 4) is 0 Å². The van der Waals surface area contributed by atoms with E-state index in [1.807, 2.05) is 20.8 Å². The van der Waals surface area contributed by atoms with E-state index in [1.165, 1.54) is 33.8 Å². The Balaban J connectivity index is 1.58.